The molecule has 4 rings (SSSR count). The molecule has 2 aliphatic heterocycles. The van der Waals surface area contributed by atoms with Crippen molar-refractivity contribution in [3.8, 4) is 0 Å². The zero-order valence-corrected chi connectivity index (χ0v) is 14.5. The average Bonchev–Trinajstić information content (AvgIpc) is 3.30. The Labute approximate surface area is 147 Å². The van der Waals surface area contributed by atoms with Crippen LogP contribution in [0.5, 0.6) is 0 Å². The van der Waals surface area contributed by atoms with E-state index in [0.717, 1.165) is 45.3 Å². The van der Waals surface area contributed by atoms with Crippen LogP contribution in [0.1, 0.15) is 55.3 Å². The Bertz CT molecular complexity index is 684. The van der Waals surface area contributed by atoms with Crippen molar-refractivity contribution >= 4 is 17.3 Å². The fourth-order valence-corrected chi connectivity index (χ4v) is 4.85. The molecule has 2 unspecified atom stereocenters. The molecule has 2 atom stereocenters. The molecule has 1 aromatic carbocycles. The van der Waals surface area contributed by atoms with E-state index < -0.39 is 0 Å². The SMILES string of the molecule is O=C(c1ccc(N2CCCC2)c([N+](=O)[O-])c1)N1CCC2CCCCC21. The minimum atomic E-state index is -0.349. The first-order valence-electron chi connectivity index (χ1n) is 9.49. The Morgan fingerprint density at radius 1 is 1.04 bits per heavy atom. The highest BCUT2D eigenvalue weighted by Gasteiger charge is 2.38. The van der Waals surface area contributed by atoms with Crippen molar-refractivity contribution in [2.45, 2.75) is 51.0 Å². The molecule has 1 saturated carbocycles. The van der Waals surface area contributed by atoms with Gasteiger partial charge in [-0.2, -0.15) is 0 Å². The van der Waals surface area contributed by atoms with Gasteiger partial charge in [-0.05, 0) is 50.2 Å². The molecule has 3 aliphatic rings. The second kappa shape index (κ2) is 6.65. The van der Waals surface area contributed by atoms with Gasteiger partial charge in [-0.25, -0.2) is 0 Å². The van der Waals surface area contributed by atoms with Crippen LogP contribution in [0.3, 0.4) is 0 Å². The summed E-state index contributed by atoms with van der Waals surface area (Å²) in [5.41, 5.74) is 1.17. The van der Waals surface area contributed by atoms with Crippen LogP contribution in [0.25, 0.3) is 0 Å². The van der Waals surface area contributed by atoms with Crippen LogP contribution in [0.4, 0.5) is 11.4 Å². The summed E-state index contributed by atoms with van der Waals surface area (Å²) in [5.74, 6) is 0.585. The van der Waals surface area contributed by atoms with Crippen LogP contribution >= 0.6 is 0 Å². The third-order valence-corrected chi connectivity index (χ3v) is 6.14. The van der Waals surface area contributed by atoms with Gasteiger partial charge in [0, 0.05) is 37.3 Å². The first-order valence-corrected chi connectivity index (χ1v) is 9.49. The summed E-state index contributed by atoms with van der Waals surface area (Å²) in [5, 5.41) is 11.6. The van der Waals surface area contributed by atoms with E-state index in [1.807, 2.05) is 4.90 Å². The van der Waals surface area contributed by atoms with E-state index in [2.05, 4.69) is 4.90 Å². The van der Waals surface area contributed by atoms with Gasteiger partial charge in [-0.15, -0.1) is 0 Å². The maximum atomic E-state index is 13.0. The van der Waals surface area contributed by atoms with Crippen LogP contribution in [0, 0.1) is 16.0 Å². The summed E-state index contributed by atoms with van der Waals surface area (Å²) in [6.45, 7) is 2.49. The molecule has 3 fully saturated rings. The van der Waals surface area contributed by atoms with E-state index in [9.17, 15) is 14.9 Å². The van der Waals surface area contributed by atoms with E-state index in [1.165, 1.54) is 25.3 Å². The van der Waals surface area contributed by atoms with Crippen molar-refractivity contribution in [3.63, 3.8) is 0 Å². The molecule has 1 aromatic rings. The predicted molar refractivity (Wildman–Crippen MR) is 95.9 cm³/mol. The van der Waals surface area contributed by atoms with Gasteiger partial charge in [0.1, 0.15) is 5.69 Å². The molecule has 6 nitrogen and oxygen atoms in total. The van der Waals surface area contributed by atoms with Gasteiger partial charge in [0.05, 0.1) is 4.92 Å². The van der Waals surface area contributed by atoms with Crippen LogP contribution in [-0.4, -0.2) is 41.4 Å². The topological polar surface area (TPSA) is 66.7 Å². The fraction of sp³-hybridized carbons (Fsp3) is 0.632. The van der Waals surface area contributed by atoms with Gasteiger partial charge >= 0.3 is 0 Å². The molecular weight excluding hydrogens is 318 g/mol. The zero-order valence-electron chi connectivity index (χ0n) is 14.5. The van der Waals surface area contributed by atoms with Gasteiger partial charge in [0.2, 0.25) is 0 Å². The molecule has 2 saturated heterocycles. The van der Waals surface area contributed by atoms with E-state index in [4.69, 9.17) is 0 Å². The second-order valence-electron chi connectivity index (χ2n) is 7.55. The summed E-state index contributed by atoms with van der Waals surface area (Å²) in [7, 11) is 0. The smallest absolute Gasteiger partial charge is 0.293 e. The van der Waals surface area contributed by atoms with E-state index in [0.29, 0.717) is 23.2 Å². The van der Waals surface area contributed by atoms with Crippen molar-refractivity contribution in [1.29, 1.82) is 0 Å². The maximum Gasteiger partial charge on any atom is 0.293 e. The number of rotatable bonds is 3. The monoisotopic (exact) mass is 343 g/mol. The normalized spacial score (nSPS) is 25.9. The van der Waals surface area contributed by atoms with Crippen LogP contribution < -0.4 is 4.90 Å². The van der Waals surface area contributed by atoms with Gasteiger partial charge in [-0.3, -0.25) is 14.9 Å². The van der Waals surface area contributed by atoms with Crippen LogP contribution in [0.2, 0.25) is 0 Å². The molecule has 0 bridgehead atoms. The van der Waals surface area contributed by atoms with Gasteiger partial charge in [0.15, 0.2) is 0 Å². The van der Waals surface area contributed by atoms with E-state index in [1.54, 1.807) is 12.1 Å². The molecule has 1 amide bonds. The fourth-order valence-electron chi connectivity index (χ4n) is 4.85. The highest BCUT2D eigenvalue weighted by Crippen LogP contribution is 2.38. The largest absolute Gasteiger partial charge is 0.366 e. The predicted octanol–water partition coefficient (Wildman–Crippen LogP) is 3.60. The standard InChI is InChI=1S/C19H25N3O3/c23-19(21-12-9-14-5-1-2-6-16(14)21)15-7-8-17(18(13-15)22(24)25)20-10-3-4-11-20/h7-8,13-14,16H,1-6,9-12H2. The maximum absolute atomic E-state index is 13.0. The molecule has 2 heterocycles. The quantitative estimate of drug-likeness (QED) is 0.621. The molecule has 134 valence electrons. The van der Waals surface area contributed by atoms with Gasteiger partial charge in [0.25, 0.3) is 11.6 Å². The highest BCUT2D eigenvalue weighted by atomic mass is 16.6. The third-order valence-electron chi connectivity index (χ3n) is 6.14. The number of fused-ring (bicyclic) bond motifs is 1. The lowest BCUT2D eigenvalue weighted by molar-refractivity contribution is -0.384. The summed E-state index contributed by atoms with van der Waals surface area (Å²) < 4.78 is 0. The van der Waals surface area contributed by atoms with Crippen LogP contribution in [0.15, 0.2) is 18.2 Å². The Morgan fingerprint density at radius 2 is 1.80 bits per heavy atom. The summed E-state index contributed by atoms with van der Waals surface area (Å²) in [6.07, 6.45) is 7.93. The van der Waals surface area contributed by atoms with Gasteiger partial charge in [-0.1, -0.05) is 12.8 Å². The number of hydrogen-bond donors (Lipinski definition) is 0. The zero-order chi connectivity index (χ0) is 17.4. The molecule has 1 aliphatic carbocycles. The number of carbonyl (C=O) groups excluding carboxylic acids is 1. The number of anilines is 1. The Balaban J connectivity index is 1.60. The molecule has 0 radical (unpaired) electrons. The van der Waals surface area contributed by atoms with Crippen molar-refractivity contribution < 1.29 is 9.72 Å². The first kappa shape index (κ1) is 16.4. The highest BCUT2D eigenvalue weighted by molar-refractivity contribution is 5.96. The minimum absolute atomic E-state index is 0.0366. The van der Waals surface area contributed by atoms with Crippen molar-refractivity contribution in [2.75, 3.05) is 24.5 Å². The Hall–Kier alpha value is -2.11. The molecule has 0 spiro atoms. The Kier molecular flexibility index (Phi) is 4.36. The Morgan fingerprint density at radius 3 is 2.56 bits per heavy atom. The molecule has 6 heteroatoms. The van der Waals surface area contributed by atoms with Crippen LogP contribution in [-0.2, 0) is 0 Å². The molecule has 0 N–H and O–H groups in total. The number of carbonyl (C=O) groups is 1. The number of nitro benzene ring substituents is 1. The lowest BCUT2D eigenvalue weighted by Gasteiger charge is -2.31. The van der Waals surface area contributed by atoms with E-state index >= 15 is 0 Å². The van der Waals surface area contributed by atoms with Gasteiger partial charge < -0.3 is 9.80 Å². The number of nitro groups is 1. The van der Waals surface area contributed by atoms with E-state index in [-0.39, 0.29) is 16.5 Å². The molecule has 25 heavy (non-hydrogen) atoms. The van der Waals surface area contributed by atoms with Crippen molar-refractivity contribution in [1.82, 2.24) is 4.90 Å². The number of nitrogens with zero attached hydrogens (tertiary/aromatic N) is 3. The lowest BCUT2D eigenvalue weighted by Crippen LogP contribution is -2.39. The second-order valence-corrected chi connectivity index (χ2v) is 7.55. The first-order chi connectivity index (χ1) is 12.1. The summed E-state index contributed by atoms with van der Waals surface area (Å²) in [6, 6.07) is 5.37. The number of benzene rings is 1. The van der Waals surface area contributed by atoms with Crippen molar-refractivity contribution in [2.24, 2.45) is 5.92 Å². The molecular formula is C19H25N3O3. The van der Waals surface area contributed by atoms with Crippen molar-refractivity contribution in [3.05, 3.63) is 33.9 Å². The number of amides is 1. The minimum Gasteiger partial charge on any atom is -0.366 e. The number of likely N-dealkylation sites (tertiary alicyclic amines) is 1. The molecule has 0 aromatic heterocycles. The summed E-state index contributed by atoms with van der Waals surface area (Å²) in [4.78, 5) is 28.2. The average molecular weight is 343 g/mol. The summed E-state index contributed by atoms with van der Waals surface area (Å²) >= 11 is 0. The third kappa shape index (κ3) is 2.98. The lowest BCUT2D eigenvalue weighted by atomic mass is 9.85. The number of hydrogen-bond acceptors (Lipinski definition) is 4.